The molecule has 3 N–H and O–H groups in total. The number of aliphatic carboxylic acids is 1. The first-order valence-electron chi connectivity index (χ1n) is 7.04. The molecule has 1 aromatic rings. The third kappa shape index (κ3) is 5.55. The van der Waals surface area contributed by atoms with Gasteiger partial charge in [-0.3, -0.25) is 9.59 Å². The number of hydrogen-bond donors (Lipinski definition) is 2. The monoisotopic (exact) mass is 292 g/mol. The van der Waals surface area contributed by atoms with Crippen LogP contribution in [0.2, 0.25) is 0 Å². The van der Waals surface area contributed by atoms with Gasteiger partial charge in [0.25, 0.3) is 0 Å². The van der Waals surface area contributed by atoms with E-state index in [1.54, 1.807) is 4.90 Å². The lowest BCUT2D eigenvalue weighted by molar-refractivity contribution is -0.141. The summed E-state index contributed by atoms with van der Waals surface area (Å²) in [5.41, 5.74) is 6.55. The predicted molar refractivity (Wildman–Crippen MR) is 81.8 cm³/mol. The average Bonchev–Trinajstić information content (AvgIpc) is 2.37. The molecule has 0 saturated heterocycles. The summed E-state index contributed by atoms with van der Waals surface area (Å²) in [5.74, 6) is -1.14. The molecule has 21 heavy (non-hydrogen) atoms. The fraction of sp³-hybridized carbons (Fsp3) is 0.500. The summed E-state index contributed by atoms with van der Waals surface area (Å²) < 4.78 is 0. The summed E-state index contributed by atoms with van der Waals surface area (Å²) in [6, 6.07) is 8.89. The van der Waals surface area contributed by atoms with Crippen molar-refractivity contribution >= 4 is 11.9 Å². The van der Waals surface area contributed by atoms with Gasteiger partial charge in [0.2, 0.25) is 5.91 Å². The highest BCUT2D eigenvalue weighted by atomic mass is 16.4. The van der Waals surface area contributed by atoms with Crippen LogP contribution in [-0.4, -0.2) is 40.0 Å². The van der Waals surface area contributed by atoms with E-state index in [-0.39, 0.29) is 18.9 Å². The second-order valence-electron chi connectivity index (χ2n) is 6.10. The van der Waals surface area contributed by atoms with Gasteiger partial charge in [0, 0.05) is 12.1 Å². The van der Waals surface area contributed by atoms with E-state index in [0.717, 1.165) is 5.56 Å². The normalized spacial score (nSPS) is 12.8. The minimum atomic E-state index is -0.923. The van der Waals surface area contributed by atoms with Crippen LogP contribution in [0.15, 0.2) is 30.3 Å². The summed E-state index contributed by atoms with van der Waals surface area (Å²) in [7, 11) is 0. The van der Waals surface area contributed by atoms with Gasteiger partial charge in [-0.2, -0.15) is 0 Å². The van der Waals surface area contributed by atoms with E-state index in [2.05, 4.69) is 0 Å². The Bertz CT molecular complexity index is 480. The van der Waals surface area contributed by atoms with Gasteiger partial charge >= 0.3 is 5.97 Å². The molecule has 0 radical (unpaired) electrons. The molecule has 0 aliphatic heterocycles. The van der Waals surface area contributed by atoms with E-state index in [1.165, 1.54) is 0 Å². The van der Waals surface area contributed by atoms with Crippen LogP contribution in [0.3, 0.4) is 0 Å². The van der Waals surface area contributed by atoms with Crippen LogP contribution >= 0.6 is 0 Å². The first-order chi connectivity index (χ1) is 9.71. The highest BCUT2D eigenvalue weighted by molar-refractivity contribution is 5.83. The van der Waals surface area contributed by atoms with Gasteiger partial charge in [-0.05, 0) is 32.8 Å². The van der Waals surface area contributed by atoms with Crippen LogP contribution in [0.4, 0.5) is 0 Å². The van der Waals surface area contributed by atoms with E-state index in [1.807, 2.05) is 51.1 Å². The van der Waals surface area contributed by atoms with Gasteiger partial charge in [-0.25, -0.2) is 0 Å². The number of hydrogen-bond acceptors (Lipinski definition) is 3. The molecule has 116 valence electrons. The van der Waals surface area contributed by atoms with E-state index < -0.39 is 17.6 Å². The molecule has 1 rings (SSSR count). The fourth-order valence-electron chi connectivity index (χ4n) is 2.14. The average molecular weight is 292 g/mol. The molecule has 0 spiro atoms. The van der Waals surface area contributed by atoms with Crippen molar-refractivity contribution in [3.05, 3.63) is 35.9 Å². The SMILES string of the molecule is CC(C)(C)N(CCC(=O)O)C(=O)[C@H](N)Cc1ccccc1. The van der Waals surface area contributed by atoms with Gasteiger partial charge < -0.3 is 15.7 Å². The first kappa shape index (κ1) is 17.2. The zero-order chi connectivity index (χ0) is 16.0. The number of amides is 1. The lowest BCUT2D eigenvalue weighted by Gasteiger charge is -2.37. The van der Waals surface area contributed by atoms with Crippen molar-refractivity contribution < 1.29 is 14.7 Å². The Balaban J connectivity index is 2.77. The zero-order valence-corrected chi connectivity index (χ0v) is 12.9. The summed E-state index contributed by atoms with van der Waals surface area (Å²) in [6.45, 7) is 5.80. The Morgan fingerprint density at radius 3 is 2.29 bits per heavy atom. The van der Waals surface area contributed by atoms with Gasteiger partial charge in [-0.1, -0.05) is 30.3 Å². The summed E-state index contributed by atoms with van der Waals surface area (Å²) in [6.07, 6.45) is 0.361. The van der Waals surface area contributed by atoms with Crippen molar-refractivity contribution in [2.24, 2.45) is 5.73 Å². The lowest BCUT2D eigenvalue weighted by atomic mass is 10.0. The number of nitrogens with two attached hydrogens (primary N) is 1. The molecule has 0 bridgehead atoms. The van der Waals surface area contributed by atoms with Crippen molar-refractivity contribution in [1.82, 2.24) is 4.90 Å². The van der Waals surface area contributed by atoms with Gasteiger partial charge in [-0.15, -0.1) is 0 Å². The molecule has 0 heterocycles. The largest absolute Gasteiger partial charge is 0.481 e. The lowest BCUT2D eigenvalue weighted by Crippen LogP contribution is -2.53. The molecule has 1 aromatic carbocycles. The molecule has 5 nitrogen and oxygen atoms in total. The molecule has 0 aromatic heterocycles. The molecule has 0 aliphatic rings. The van der Waals surface area contributed by atoms with E-state index in [0.29, 0.717) is 6.42 Å². The van der Waals surface area contributed by atoms with Crippen molar-refractivity contribution in [2.45, 2.75) is 45.2 Å². The van der Waals surface area contributed by atoms with Crippen LogP contribution < -0.4 is 5.73 Å². The molecular formula is C16H24N2O3. The number of nitrogens with zero attached hydrogens (tertiary/aromatic N) is 1. The van der Waals surface area contributed by atoms with E-state index in [4.69, 9.17) is 10.8 Å². The fourth-order valence-corrected chi connectivity index (χ4v) is 2.14. The van der Waals surface area contributed by atoms with Crippen molar-refractivity contribution in [2.75, 3.05) is 6.54 Å². The molecule has 0 aliphatic carbocycles. The number of carboxylic acid groups (broad SMARTS) is 1. The van der Waals surface area contributed by atoms with Crippen LogP contribution in [0, 0.1) is 0 Å². The van der Waals surface area contributed by atoms with Crippen molar-refractivity contribution in [1.29, 1.82) is 0 Å². The molecule has 0 unspecified atom stereocenters. The second-order valence-corrected chi connectivity index (χ2v) is 6.10. The molecule has 0 saturated carbocycles. The van der Waals surface area contributed by atoms with E-state index in [9.17, 15) is 9.59 Å². The Hall–Kier alpha value is -1.88. The standard InChI is InChI=1S/C16H24N2O3/c1-16(2,3)18(10-9-14(19)20)15(21)13(17)11-12-7-5-4-6-8-12/h4-8,13H,9-11,17H2,1-3H3,(H,19,20)/t13-/m1/s1. The predicted octanol–water partition coefficient (Wildman–Crippen LogP) is 1.66. The minimum Gasteiger partial charge on any atom is -0.481 e. The topological polar surface area (TPSA) is 83.6 Å². The second kappa shape index (κ2) is 7.22. The van der Waals surface area contributed by atoms with Crippen LogP contribution in [-0.2, 0) is 16.0 Å². The number of rotatable bonds is 6. The number of carboxylic acids is 1. The first-order valence-corrected chi connectivity index (χ1v) is 7.04. The highest BCUT2D eigenvalue weighted by Crippen LogP contribution is 2.16. The van der Waals surface area contributed by atoms with Crippen LogP contribution in [0.5, 0.6) is 0 Å². The van der Waals surface area contributed by atoms with Crippen molar-refractivity contribution in [3.63, 3.8) is 0 Å². The Morgan fingerprint density at radius 2 is 1.81 bits per heavy atom. The van der Waals surface area contributed by atoms with E-state index >= 15 is 0 Å². The zero-order valence-electron chi connectivity index (χ0n) is 12.9. The molecule has 0 fully saturated rings. The molecule has 1 atom stereocenters. The summed E-state index contributed by atoms with van der Waals surface area (Å²) in [5, 5.41) is 8.81. The smallest absolute Gasteiger partial charge is 0.305 e. The number of benzene rings is 1. The number of carbonyl (C=O) groups is 2. The Kier molecular flexibility index (Phi) is 5.90. The maximum Gasteiger partial charge on any atom is 0.305 e. The van der Waals surface area contributed by atoms with Gasteiger partial charge in [0.05, 0.1) is 12.5 Å². The van der Waals surface area contributed by atoms with Gasteiger partial charge in [0.1, 0.15) is 0 Å². The van der Waals surface area contributed by atoms with Crippen LogP contribution in [0.1, 0.15) is 32.8 Å². The van der Waals surface area contributed by atoms with Gasteiger partial charge in [0.15, 0.2) is 0 Å². The summed E-state index contributed by atoms with van der Waals surface area (Å²) >= 11 is 0. The van der Waals surface area contributed by atoms with Crippen molar-refractivity contribution in [3.8, 4) is 0 Å². The maximum absolute atomic E-state index is 12.5. The number of carbonyl (C=O) groups excluding carboxylic acids is 1. The summed E-state index contributed by atoms with van der Waals surface area (Å²) in [4.78, 5) is 24.8. The minimum absolute atomic E-state index is 0.0823. The molecule has 5 heteroatoms. The third-order valence-electron chi connectivity index (χ3n) is 3.24. The Morgan fingerprint density at radius 1 is 1.24 bits per heavy atom. The third-order valence-corrected chi connectivity index (χ3v) is 3.24. The van der Waals surface area contributed by atoms with Crippen LogP contribution in [0.25, 0.3) is 0 Å². The quantitative estimate of drug-likeness (QED) is 0.835. The Labute approximate surface area is 125 Å². The highest BCUT2D eigenvalue weighted by Gasteiger charge is 2.30. The maximum atomic E-state index is 12.5. The molecule has 1 amide bonds. The molecular weight excluding hydrogens is 268 g/mol.